The monoisotopic (exact) mass is 444 g/mol. The van der Waals surface area contributed by atoms with E-state index in [0.29, 0.717) is 36.4 Å². The molecular formula is C21H21BrN2O4. The topological polar surface area (TPSA) is 66.9 Å². The van der Waals surface area contributed by atoms with Gasteiger partial charge in [-0.1, -0.05) is 15.9 Å². The highest BCUT2D eigenvalue weighted by Crippen LogP contribution is 2.22. The van der Waals surface area contributed by atoms with Crippen LogP contribution in [0.25, 0.3) is 0 Å². The summed E-state index contributed by atoms with van der Waals surface area (Å²) in [4.78, 5) is 40.3. The molecule has 0 bridgehead atoms. The van der Waals surface area contributed by atoms with Gasteiger partial charge in [-0.05, 0) is 61.9 Å². The molecule has 3 rings (SSSR count). The lowest BCUT2D eigenvalue weighted by Gasteiger charge is -2.28. The average molecular weight is 445 g/mol. The number of likely N-dealkylation sites (tertiary alicyclic amines) is 1. The minimum absolute atomic E-state index is 0.0387. The van der Waals surface area contributed by atoms with E-state index in [1.54, 1.807) is 65.3 Å². The Hall–Kier alpha value is -2.67. The summed E-state index contributed by atoms with van der Waals surface area (Å²) in [6, 6.07) is 13.7. The van der Waals surface area contributed by atoms with E-state index in [1.807, 2.05) is 0 Å². The van der Waals surface area contributed by atoms with Crippen molar-refractivity contribution in [2.24, 2.45) is 0 Å². The molecule has 0 aliphatic carbocycles. The van der Waals surface area contributed by atoms with Crippen molar-refractivity contribution in [1.82, 2.24) is 4.90 Å². The molecule has 0 atom stereocenters. The van der Waals surface area contributed by atoms with Gasteiger partial charge in [-0.2, -0.15) is 0 Å². The van der Waals surface area contributed by atoms with E-state index >= 15 is 0 Å². The molecule has 28 heavy (non-hydrogen) atoms. The third-order valence-corrected chi connectivity index (χ3v) is 5.04. The van der Waals surface area contributed by atoms with Crippen molar-refractivity contribution in [3.8, 4) is 0 Å². The molecule has 2 aromatic carbocycles. The number of benzene rings is 2. The summed E-state index contributed by atoms with van der Waals surface area (Å²) >= 11 is 3.37. The van der Waals surface area contributed by atoms with Crippen LogP contribution in [0.5, 0.6) is 0 Å². The second kappa shape index (κ2) is 9.01. The molecule has 1 saturated heterocycles. The lowest BCUT2D eigenvalue weighted by molar-refractivity contribution is -0.127. The molecule has 6 nitrogen and oxygen atoms in total. The van der Waals surface area contributed by atoms with Crippen LogP contribution in [-0.2, 0) is 9.53 Å². The van der Waals surface area contributed by atoms with Gasteiger partial charge in [0.15, 0.2) is 0 Å². The van der Waals surface area contributed by atoms with Crippen molar-refractivity contribution in [3.63, 3.8) is 0 Å². The Labute approximate surface area is 172 Å². The summed E-state index contributed by atoms with van der Waals surface area (Å²) in [5, 5.41) is 0. The zero-order valence-electron chi connectivity index (χ0n) is 15.6. The fraction of sp³-hybridized carbons (Fsp3) is 0.286. The predicted octanol–water partition coefficient (Wildman–Crippen LogP) is 3.85. The average Bonchev–Trinajstić information content (AvgIpc) is 3.11. The first-order valence-electron chi connectivity index (χ1n) is 9.12. The van der Waals surface area contributed by atoms with E-state index in [-0.39, 0.29) is 18.5 Å². The van der Waals surface area contributed by atoms with E-state index in [4.69, 9.17) is 4.74 Å². The molecule has 1 aliphatic rings. The first kappa shape index (κ1) is 20.1. The quantitative estimate of drug-likeness (QED) is 0.634. The molecule has 0 unspecified atom stereocenters. The van der Waals surface area contributed by atoms with Crippen LogP contribution in [0, 0.1) is 0 Å². The van der Waals surface area contributed by atoms with Crippen LogP contribution in [0.3, 0.4) is 0 Å². The number of nitrogens with zero attached hydrogens (tertiary/aromatic N) is 2. The van der Waals surface area contributed by atoms with Gasteiger partial charge in [0.2, 0.25) is 5.91 Å². The number of halogens is 1. The van der Waals surface area contributed by atoms with Crippen molar-refractivity contribution in [2.75, 3.05) is 24.7 Å². The minimum atomic E-state index is -0.408. The highest BCUT2D eigenvalue weighted by atomic mass is 79.9. The zero-order chi connectivity index (χ0) is 20.1. The Kier molecular flexibility index (Phi) is 6.46. The molecule has 2 amide bonds. The lowest BCUT2D eigenvalue weighted by Crippen LogP contribution is -2.42. The van der Waals surface area contributed by atoms with Crippen LogP contribution in [0.1, 0.15) is 40.5 Å². The molecule has 7 heteroatoms. The highest BCUT2D eigenvalue weighted by Gasteiger charge is 2.26. The molecule has 146 valence electrons. The summed E-state index contributed by atoms with van der Waals surface area (Å²) in [5.74, 6) is -0.581. The van der Waals surface area contributed by atoms with Crippen molar-refractivity contribution < 1.29 is 19.1 Å². The SMILES string of the molecule is CCOC(=O)c1ccc(N(CN2CCCC2=O)C(=O)c2ccc(Br)cc2)cc1. The molecule has 0 N–H and O–H groups in total. The van der Waals surface area contributed by atoms with Crippen molar-refractivity contribution in [3.05, 3.63) is 64.1 Å². The fourth-order valence-electron chi connectivity index (χ4n) is 3.03. The van der Waals surface area contributed by atoms with Gasteiger partial charge in [0, 0.05) is 28.7 Å². The van der Waals surface area contributed by atoms with E-state index in [1.165, 1.54) is 0 Å². The first-order valence-corrected chi connectivity index (χ1v) is 9.91. The van der Waals surface area contributed by atoms with Gasteiger partial charge in [-0.25, -0.2) is 4.79 Å². The summed E-state index contributed by atoms with van der Waals surface area (Å²) in [5.41, 5.74) is 1.55. The number of hydrogen-bond donors (Lipinski definition) is 0. The van der Waals surface area contributed by atoms with Gasteiger partial charge in [-0.15, -0.1) is 0 Å². The Morgan fingerprint density at radius 1 is 1.07 bits per heavy atom. The maximum Gasteiger partial charge on any atom is 0.338 e. The van der Waals surface area contributed by atoms with Crippen LogP contribution in [0.2, 0.25) is 0 Å². The molecule has 0 spiro atoms. The van der Waals surface area contributed by atoms with Gasteiger partial charge >= 0.3 is 5.97 Å². The Balaban J connectivity index is 1.89. The largest absolute Gasteiger partial charge is 0.462 e. The van der Waals surface area contributed by atoms with E-state index < -0.39 is 5.97 Å². The van der Waals surface area contributed by atoms with Gasteiger partial charge < -0.3 is 9.64 Å². The Morgan fingerprint density at radius 2 is 1.71 bits per heavy atom. The molecular weight excluding hydrogens is 424 g/mol. The second-order valence-corrected chi connectivity index (χ2v) is 7.33. The molecule has 0 aromatic heterocycles. The number of anilines is 1. The number of carbonyl (C=O) groups is 3. The molecule has 2 aromatic rings. The summed E-state index contributed by atoms with van der Waals surface area (Å²) in [6.45, 7) is 2.85. The highest BCUT2D eigenvalue weighted by molar-refractivity contribution is 9.10. The molecule has 0 radical (unpaired) electrons. The van der Waals surface area contributed by atoms with Crippen LogP contribution in [0.15, 0.2) is 53.0 Å². The lowest BCUT2D eigenvalue weighted by atomic mass is 10.1. The van der Waals surface area contributed by atoms with Crippen LogP contribution in [-0.4, -0.2) is 42.5 Å². The summed E-state index contributed by atoms with van der Waals surface area (Å²) in [7, 11) is 0. The molecule has 0 saturated carbocycles. The second-order valence-electron chi connectivity index (χ2n) is 6.41. The Morgan fingerprint density at radius 3 is 2.29 bits per heavy atom. The normalized spacial score (nSPS) is 13.5. The molecule has 1 fully saturated rings. The van der Waals surface area contributed by atoms with Gasteiger partial charge in [-0.3, -0.25) is 14.5 Å². The van der Waals surface area contributed by atoms with E-state index in [9.17, 15) is 14.4 Å². The smallest absolute Gasteiger partial charge is 0.338 e. The number of rotatable bonds is 6. The van der Waals surface area contributed by atoms with E-state index in [2.05, 4.69) is 15.9 Å². The number of hydrogen-bond acceptors (Lipinski definition) is 4. The number of ether oxygens (including phenoxy) is 1. The third-order valence-electron chi connectivity index (χ3n) is 4.51. The number of esters is 1. The zero-order valence-corrected chi connectivity index (χ0v) is 17.1. The van der Waals surface area contributed by atoms with Crippen LogP contribution in [0.4, 0.5) is 5.69 Å². The maximum absolute atomic E-state index is 13.2. The molecule has 1 heterocycles. The molecule has 1 aliphatic heterocycles. The minimum Gasteiger partial charge on any atom is -0.462 e. The van der Waals surface area contributed by atoms with Crippen molar-refractivity contribution in [2.45, 2.75) is 19.8 Å². The van der Waals surface area contributed by atoms with E-state index in [0.717, 1.165) is 10.9 Å². The van der Waals surface area contributed by atoms with Crippen LogP contribution >= 0.6 is 15.9 Å². The van der Waals surface area contributed by atoms with Gasteiger partial charge in [0.25, 0.3) is 5.91 Å². The summed E-state index contributed by atoms with van der Waals surface area (Å²) < 4.78 is 5.88. The standard InChI is InChI=1S/C21H21BrN2O4/c1-2-28-21(27)16-7-11-18(12-8-16)24(14-23-13-3-4-19(23)25)20(26)15-5-9-17(22)10-6-15/h5-12H,2-4,13-14H2,1H3. The third kappa shape index (κ3) is 4.59. The Bertz CT molecular complexity index is 865. The number of amides is 2. The maximum atomic E-state index is 13.2. The van der Waals surface area contributed by atoms with Crippen LogP contribution < -0.4 is 4.90 Å². The summed E-state index contributed by atoms with van der Waals surface area (Å²) in [6.07, 6.45) is 1.29. The fourth-order valence-corrected chi connectivity index (χ4v) is 3.29. The predicted molar refractivity (Wildman–Crippen MR) is 109 cm³/mol. The van der Waals surface area contributed by atoms with Gasteiger partial charge in [0.1, 0.15) is 6.67 Å². The van der Waals surface area contributed by atoms with Crippen molar-refractivity contribution >= 4 is 39.4 Å². The first-order chi connectivity index (χ1) is 13.5. The van der Waals surface area contributed by atoms with Crippen molar-refractivity contribution in [1.29, 1.82) is 0 Å². The van der Waals surface area contributed by atoms with Gasteiger partial charge in [0.05, 0.1) is 12.2 Å². The number of carbonyl (C=O) groups excluding carboxylic acids is 3.